The van der Waals surface area contributed by atoms with Gasteiger partial charge in [0.05, 0.1) is 5.69 Å². The first-order chi connectivity index (χ1) is 10.0. The molecule has 0 aromatic carbocycles. The topological polar surface area (TPSA) is 31.4 Å². The fourth-order valence-corrected chi connectivity index (χ4v) is 4.16. The van der Waals surface area contributed by atoms with E-state index in [2.05, 4.69) is 43.1 Å². The molecule has 0 radical (unpaired) electrons. The molecule has 4 nitrogen and oxygen atoms in total. The third-order valence-electron chi connectivity index (χ3n) is 4.30. The highest BCUT2D eigenvalue weighted by atomic mass is 32.1. The van der Waals surface area contributed by atoms with Gasteiger partial charge in [-0.15, -0.1) is 11.3 Å². The molecule has 1 saturated heterocycles. The van der Waals surface area contributed by atoms with Crippen LogP contribution in [0.4, 0.5) is 5.13 Å². The standard InChI is InChI=1S/C16H30N4S/c1-12(2)15-14(10-17-3)21-16(18-15)20(5)11-13-6-8-19(4)9-7-13/h12-13,17H,6-11H2,1-5H3. The van der Waals surface area contributed by atoms with Crippen molar-refractivity contribution in [2.75, 3.05) is 45.7 Å². The summed E-state index contributed by atoms with van der Waals surface area (Å²) in [6.45, 7) is 8.99. The zero-order chi connectivity index (χ0) is 15.4. The zero-order valence-corrected chi connectivity index (χ0v) is 15.0. The first kappa shape index (κ1) is 16.7. The average Bonchev–Trinajstić information content (AvgIpc) is 2.86. The van der Waals surface area contributed by atoms with E-state index in [1.54, 1.807) is 0 Å². The molecule has 0 amide bonds. The highest BCUT2D eigenvalue weighted by Crippen LogP contribution is 2.31. The van der Waals surface area contributed by atoms with Crippen molar-refractivity contribution in [1.82, 2.24) is 15.2 Å². The van der Waals surface area contributed by atoms with Crippen LogP contribution < -0.4 is 10.2 Å². The Labute approximate surface area is 133 Å². The Morgan fingerprint density at radius 2 is 2.05 bits per heavy atom. The second-order valence-corrected chi connectivity index (χ2v) is 7.68. The van der Waals surface area contributed by atoms with Crippen molar-refractivity contribution in [3.63, 3.8) is 0 Å². The van der Waals surface area contributed by atoms with Gasteiger partial charge in [0, 0.05) is 25.0 Å². The van der Waals surface area contributed by atoms with Gasteiger partial charge < -0.3 is 15.1 Å². The number of hydrogen-bond donors (Lipinski definition) is 1. The van der Waals surface area contributed by atoms with Gasteiger partial charge in [0.25, 0.3) is 0 Å². The van der Waals surface area contributed by atoms with Crippen LogP contribution in [0.1, 0.15) is 43.2 Å². The van der Waals surface area contributed by atoms with Gasteiger partial charge in [-0.3, -0.25) is 0 Å². The van der Waals surface area contributed by atoms with Gasteiger partial charge in [-0.1, -0.05) is 13.8 Å². The van der Waals surface area contributed by atoms with E-state index in [1.807, 2.05) is 18.4 Å². The molecule has 1 aromatic rings. The lowest BCUT2D eigenvalue weighted by Gasteiger charge is -2.31. The summed E-state index contributed by atoms with van der Waals surface area (Å²) < 4.78 is 0. The Kier molecular flexibility index (Phi) is 6.02. The molecule has 1 aliphatic heterocycles. The van der Waals surface area contributed by atoms with Crippen LogP contribution in [0.15, 0.2) is 0 Å². The van der Waals surface area contributed by atoms with Crippen molar-refractivity contribution in [1.29, 1.82) is 0 Å². The highest BCUT2D eigenvalue weighted by Gasteiger charge is 2.21. The molecule has 0 spiro atoms. The summed E-state index contributed by atoms with van der Waals surface area (Å²) in [5.74, 6) is 1.31. The number of piperidine rings is 1. The van der Waals surface area contributed by atoms with Crippen molar-refractivity contribution in [2.24, 2.45) is 5.92 Å². The van der Waals surface area contributed by atoms with E-state index in [-0.39, 0.29) is 0 Å². The molecule has 1 fully saturated rings. The van der Waals surface area contributed by atoms with E-state index in [0.29, 0.717) is 5.92 Å². The second kappa shape index (κ2) is 7.56. The third kappa shape index (κ3) is 4.41. The van der Waals surface area contributed by atoms with Crippen LogP contribution in [0.2, 0.25) is 0 Å². The molecule has 5 heteroatoms. The van der Waals surface area contributed by atoms with Gasteiger partial charge in [0.15, 0.2) is 5.13 Å². The first-order valence-electron chi connectivity index (χ1n) is 8.05. The van der Waals surface area contributed by atoms with E-state index in [4.69, 9.17) is 4.98 Å². The molecule has 1 aliphatic rings. The molecule has 120 valence electrons. The Balaban J connectivity index is 2.01. The SMILES string of the molecule is CNCc1sc(N(C)CC2CCN(C)CC2)nc1C(C)C. The molecule has 1 aromatic heterocycles. The number of anilines is 1. The van der Waals surface area contributed by atoms with Crippen molar-refractivity contribution < 1.29 is 0 Å². The molecule has 0 unspecified atom stereocenters. The minimum Gasteiger partial charge on any atom is -0.351 e. The lowest BCUT2D eigenvalue weighted by molar-refractivity contribution is 0.222. The smallest absolute Gasteiger partial charge is 0.185 e. The van der Waals surface area contributed by atoms with Crippen LogP contribution in [0.25, 0.3) is 0 Å². The van der Waals surface area contributed by atoms with E-state index >= 15 is 0 Å². The van der Waals surface area contributed by atoms with Crippen LogP contribution in [-0.2, 0) is 6.54 Å². The Bertz CT molecular complexity index is 435. The van der Waals surface area contributed by atoms with Gasteiger partial charge >= 0.3 is 0 Å². The van der Waals surface area contributed by atoms with Crippen LogP contribution in [0.5, 0.6) is 0 Å². The van der Waals surface area contributed by atoms with Crippen LogP contribution in [-0.4, -0.2) is 50.7 Å². The number of hydrogen-bond acceptors (Lipinski definition) is 5. The van der Waals surface area contributed by atoms with Gasteiger partial charge in [-0.25, -0.2) is 4.98 Å². The minimum atomic E-state index is 0.495. The normalized spacial score (nSPS) is 17.6. The van der Waals surface area contributed by atoms with E-state index < -0.39 is 0 Å². The predicted octanol–water partition coefficient (Wildman–Crippen LogP) is 2.76. The van der Waals surface area contributed by atoms with E-state index in [0.717, 1.165) is 19.0 Å². The largest absolute Gasteiger partial charge is 0.351 e. The lowest BCUT2D eigenvalue weighted by Crippen LogP contribution is -2.35. The second-order valence-electron chi connectivity index (χ2n) is 6.62. The molecular weight excluding hydrogens is 280 g/mol. The molecule has 0 saturated carbocycles. The Morgan fingerprint density at radius 1 is 1.38 bits per heavy atom. The van der Waals surface area contributed by atoms with Gasteiger partial charge in [-0.05, 0) is 51.9 Å². The first-order valence-corrected chi connectivity index (χ1v) is 8.86. The average molecular weight is 311 g/mol. The van der Waals surface area contributed by atoms with Crippen molar-refractivity contribution in [2.45, 2.75) is 39.2 Å². The molecule has 2 rings (SSSR count). The van der Waals surface area contributed by atoms with Gasteiger partial charge in [-0.2, -0.15) is 0 Å². The van der Waals surface area contributed by atoms with Crippen molar-refractivity contribution >= 4 is 16.5 Å². The summed E-state index contributed by atoms with van der Waals surface area (Å²) in [6.07, 6.45) is 2.62. The quantitative estimate of drug-likeness (QED) is 0.875. The number of nitrogens with one attached hydrogen (secondary N) is 1. The molecule has 21 heavy (non-hydrogen) atoms. The van der Waals surface area contributed by atoms with E-state index in [1.165, 1.54) is 41.6 Å². The monoisotopic (exact) mass is 310 g/mol. The third-order valence-corrected chi connectivity index (χ3v) is 5.48. The molecule has 2 heterocycles. The fraction of sp³-hybridized carbons (Fsp3) is 0.812. The summed E-state index contributed by atoms with van der Waals surface area (Å²) in [5.41, 5.74) is 1.26. The zero-order valence-electron chi connectivity index (χ0n) is 14.1. The maximum Gasteiger partial charge on any atom is 0.185 e. The maximum absolute atomic E-state index is 4.90. The summed E-state index contributed by atoms with van der Waals surface area (Å²) in [7, 11) is 6.43. The lowest BCUT2D eigenvalue weighted by atomic mass is 9.97. The van der Waals surface area contributed by atoms with Crippen LogP contribution in [0, 0.1) is 5.92 Å². The summed E-state index contributed by atoms with van der Waals surface area (Å²) in [5, 5.41) is 4.45. The van der Waals surface area contributed by atoms with Crippen LogP contribution in [0.3, 0.4) is 0 Å². The minimum absolute atomic E-state index is 0.495. The number of thiazole rings is 1. The Morgan fingerprint density at radius 3 is 2.62 bits per heavy atom. The molecule has 0 aliphatic carbocycles. The number of nitrogens with zero attached hydrogens (tertiary/aromatic N) is 3. The highest BCUT2D eigenvalue weighted by molar-refractivity contribution is 7.15. The van der Waals surface area contributed by atoms with Crippen molar-refractivity contribution in [3.8, 4) is 0 Å². The van der Waals surface area contributed by atoms with Gasteiger partial charge in [0.1, 0.15) is 0 Å². The van der Waals surface area contributed by atoms with E-state index in [9.17, 15) is 0 Å². The molecular formula is C16H30N4S. The number of aromatic nitrogens is 1. The molecule has 1 N–H and O–H groups in total. The summed E-state index contributed by atoms with van der Waals surface area (Å²) >= 11 is 1.85. The van der Waals surface area contributed by atoms with Crippen molar-refractivity contribution in [3.05, 3.63) is 10.6 Å². The predicted molar refractivity (Wildman–Crippen MR) is 92.5 cm³/mol. The van der Waals surface area contributed by atoms with Crippen LogP contribution >= 0.6 is 11.3 Å². The number of likely N-dealkylation sites (tertiary alicyclic amines) is 1. The summed E-state index contributed by atoms with van der Waals surface area (Å²) in [4.78, 5) is 11.1. The summed E-state index contributed by atoms with van der Waals surface area (Å²) in [6, 6.07) is 0. The van der Waals surface area contributed by atoms with Gasteiger partial charge in [0.2, 0.25) is 0 Å². The molecule has 0 bridgehead atoms. The maximum atomic E-state index is 4.90. The Hall–Kier alpha value is -0.650. The number of rotatable bonds is 6. The molecule has 0 atom stereocenters. The fourth-order valence-electron chi connectivity index (χ4n) is 2.96.